The van der Waals surface area contributed by atoms with E-state index in [0.29, 0.717) is 79.7 Å². The minimum absolute atomic E-state index is 0.348. The van der Waals surface area contributed by atoms with Crippen molar-refractivity contribution < 1.29 is 18.9 Å². The second-order valence-electron chi connectivity index (χ2n) is 11.1. The SMILES string of the molecule is COc1c(OC)c(OC)c2c3nc4nc(nc5[nH]c(nc6nc(nc([nH]3)c2c1OC)-c1ccccc1-6)c1ccccc51)-c1ccccc1-4. The maximum absolute atomic E-state index is 5.97. The molecule has 0 fully saturated rings. The van der Waals surface area contributed by atoms with Crippen molar-refractivity contribution in [2.45, 2.75) is 0 Å². The minimum Gasteiger partial charge on any atom is -0.492 e. The molecule has 9 rings (SSSR count). The molecule has 2 N–H and O–H groups in total. The van der Waals surface area contributed by atoms with Gasteiger partial charge in [-0.1, -0.05) is 72.8 Å². The molecule has 0 saturated heterocycles. The minimum atomic E-state index is 0.348. The summed E-state index contributed by atoms with van der Waals surface area (Å²) >= 11 is 0. The molecular weight excluding hydrogens is 608 g/mol. The smallest absolute Gasteiger partial charge is 0.208 e. The third kappa shape index (κ3) is 3.89. The van der Waals surface area contributed by atoms with Crippen LogP contribution in [0.4, 0.5) is 0 Å². The quantitative estimate of drug-likeness (QED) is 0.210. The van der Waals surface area contributed by atoms with Gasteiger partial charge in [-0.3, -0.25) is 0 Å². The summed E-state index contributed by atoms with van der Waals surface area (Å²) in [5, 5.41) is 2.95. The fourth-order valence-corrected chi connectivity index (χ4v) is 6.55. The Labute approximate surface area is 272 Å². The molecule has 0 amide bonds. The molecule has 0 aliphatic carbocycles. The monoisotopic (exact) mass is 634 g/mol. The fourth-order valence-electron chi connectivity index (χ4n) is 6.55. The van der Waals surface area contributed by atoms with E-state index in [1.54, 1.807) is 28.4 Å². The normalized spacial score (nSPS) is 11.8. The Kier molecular flexibility index (Phi) is 6.06. The van der Waals surface area contributed by atoms with Crippen LogP contribution in [0.1, 0.15) is 0 Å². The maximum Gasteiger partial charge on any atom is 0.208 e. The summed E-state index contributed by atoms with van der Waals surface area (Å²) in [6, 6.07) is 23.7. The van der Waals surface area contributed by atoms with E-state index in [9.17, 15) is 0 Å². The van der Waals surface area contributed by atoms with Crippen LogP contribution >= 0.6 is 0 Å². The zero-order valence-corrected chi connectivity index (χ0v) is 26.2. The van der Waals surface area contributed by atoms with Crippen LogP contribution in [0.3, 0.4) is 0 Å². The molecule has 2 aliphatic rings. The molecule has 48 heavy (non-hydrogen) atoms. The number of hydrogen-bond acceptors (Lipinski definition) is 10. The number of hydrogen-bond donors (Lipinski definition) is 2. The standard InChI is InChI=1S/C36H26N8O4/c1-45-25-23-24(26(46-2)28(48-4)27(25)47-3)36-43-34-22-16-10-8-14-20(22)32(41-34)39-30-18-12-6-5-11-17(18)29(37-30)38-31-19-13-7-9-15-21(19)33(40-31)42-35(23)44-36/h5-16H,1-4H3,(H2,37,38,39,40,41,42,43,44). The Bertz CT molecular complexity index is 2470. The predicted octanol–water partition coefficient (Wildman–Crippen LogP) is 6.90. The van der Waals surface area contributed by atoms with Crippen molar-refractivity contribution in [3.63, 3.8) is 0 Å². The fraction of sp³-hybridized carbons (Fsp3) is 0.111. The molecule has 8 bridgehead atoms. The summed E-state index contributed by atoms with van der Waals surface area (Å²) in [6.07, 6.45) is 0. The van der Waals surface area contributed by atoms with E-state index in [1.165, 1.54) is 0 Å². The van der Waals surface area contributed by atoms with E-state index >= 15 is 0 Å². The first-order valence-electron chi connectivity index (χ1n) is 15.1. The zero-order chi connectivity index (χ0) is 32.5. The van der Waals surface area contributed by atoms with E-state index in [2.05, 4.69) is 9.97 Å². The lowest BCUT2D eigenvalue weighted by Gasteiger charge is -2.16. The first-order valence-corrected chi connectivity index (χ1v) is 15.1. The second kappa shape index (κ2) is 10.5. The van der Waals surface area contributed by atoms with E-state index in [4.69, 9.17) is 48.9 Å². The van der Waals surface area contributed by atoms with Gasteiger partial charge in [0, 0.05) is 33.0 Å². The molecule has 234 valence electrons. The average molecular weight is 635 g/mol. The Morgan fingerprint density at radius 1 is 0.375 bits per heavy atom. The van der Waals surface area contributed by atoms with Crippen molar-refractivity contribution in [2.75, 3.05) is 28.4 Å². The predicted molar refractivity (Wildman–Crippen MR) is 182 cm³/mol. The molecule has 12 heteroatoms. The highest BCUT2D eigenvalue weighted by Gasteiger charge is 2.29. The number of nitrogens with one attached hydrogen (secondary N) is 2. The molecule has 7 aromatic rings. The van der Waals surface area contributed by atoms with Gasteiger partial charge in [0.05, 0.1) is 39.2 Å². The van der Waals surface area contributed by atoms with Gasteiger partial charge in [-0.15, -0.1) is 0 Å². The zero-order valence-electron chi connectivity index (χ0n) is 26.2. The highest BCUT2D eigenvalue weighted by atomic mass is 16.5. The van der Waals surface area contributed by atoms with Gasteiger partial charge in [0.1, 0.15) is 22.6 Å². The molecule has 0 atom stereocenters. The Balaban J connectivity index is 1.54. The van der Waals surface area contributed by atoms with Crippen molar-refractivity contribution in [1.82, 2.24) is 39.9 Å². The summed E-state index contributed by atoms with van der Waals surface area (Å²) in [4.78, 5) is 37.1. The molecule has 5 heterocycles. The van der Waals surface area contributed by atoms with Crippen molar-refractivity contribution in [3.8, 4) is 68.5 Å². The van der Waals surface area contributed by atoms with E-state index in [1.807, 2.05) is 72.8 Å². The number of benzene rings is 4. The maximum atomic E-state index is 5.97. The van der Waals surface area contributed by atoms with Crippen molar-refractivity contribution in [3.05, 3.63) is 72.8 Å². The number of aromatic amines is 2. The number of H-pyrrole nitrogens is 2. The Hall–Kier alpha value is -6.56. The van der Waals surface area contributed by atoms with Crippen LogP contribution in [0.15, 0.2) is 72.8 Å². The van der Waals surface area contributed by atoms with Gasteiger partial charge in [-0.25, -0.2) is 29.9 Å². The number of methoxy groups -OCH3 is 4. The van der Waals surface area contributed by atoms with Gasteiger partial charge in [0.15, 0.2) is 34.8 Å². The number of nitrogens with zero attached hydrogens (tertiary/aromatic N) is 6. The van der Waals surface area contributed by atoms with Crippen LogP contribution in [0.2, 0.25) is 0 Å². The second-order valence-corrected chi connectivity index (χ2v) is 11.1. The lowest BCUT2D eigenvalue weighted by molar-refractivity contribution is 0.310. The van der Waals surface area contributed by atoms with Gasteiger partial charge in [0.25, 0.3) is 0 Å². The van der Waals surface area contributed by atoms with Crippen LogP contribution in [-0.2, 0) is 0 Å². The summed E-state index contributed by atoms with van der Waals surface area (Å²) in [7, 11) is 6.22. The average Bonchev–Trinajstić information content (AvgIpc) is 3.86. The highest BCUT2D eigenvalue weighted by molar-refractivity contribution is 6.14. The van der Waals surface area contributed by atoms with Crippen LogP contribution in [0, 0.1) is 0 Å². The van der Waals surface area contributed by atoms with Crippen LogP contribution in [0.25, 0.3) is 89.7 Å². The van der Waals surface area contributed by atoms with Crippen LogP contribution < -0.4 is 18.9 Å². The lowest BCUT2D eigenvalue weighted by atomic mass is 10.1. The molecule has 0 saturated carbocycles. The third-order valence-corrected chi connectivity index (χ3v) is 8.64. The molecule has 0 radical (unpaired) electrons. The summed E-state index contributed by atoms with van der Waals surface area (Å²) < 4.78 is 23.5. The lowest BCUT2D eigenvalue weighted by Crippen LogP contribution is -1.99. The summed E-state index contributed by atoms with van der Waals surface area (Å²) in [5.74, 6) is 3.42. The topological polar surface area (TPSA) is 146 Å². The van der Waals surface area contributed by atoms with E-state index < -0.39 is 0 Å². The molecule has 2 aliphatic heterocycles. The first kappa shape index (κ1) is 27.7. The van der Waals surface area contributed by atoms with Crippen LogP contribution in [0.5, 0.6) is 23.0 Å². The van der Waals surface area contributed by atoms with Gasteiger partial charge in [-0.05, 0) is 0 Å². The Morgan fingerprint density at radius 3 is 1.04 bits per heavy atom. The number of ether oxygens (including phenoxy) is 4. The Morgan fingerprint density at radius 2 is 0.688 bits per heavy atom. The highest BCUT2D eigenvalue weighted by Crippen LogP contribution is 2.53. The number of aromatic nitrogens is 8. The van der Waals surface area contributed by atoms with Crippen molar-refractivity contribution in [1.29, 1.82) is 0 Å². The van der Waals surface area contributed by atoms with Crippen molar-refractivity contribution >= 4 is 44.1 Å². The van der Waals surface area contributed by atoms with Gasteiger partial charge in [0.2, 0.25) is 11.5 Å². The van der Waals surface area contributed by atoms with E-state index in [0.717, 1.165) is 33.0 Å². The summed E-state index contributed by atoms with van der Waals surface area (Å²) in [5.41, 5.74) is 5.44. The van der Waals surface area contributed by atoms with Gasteiger partial charge in [-0.2, -0.15) is 0 Å². The number of rotatable bonds is 4. The molecular formula is C36H26N8O4. The molecule has 4 aromatic carbocycles. The van der Waals surface area contributed by atoms with Gasteiger partial charge >= 0.3 is 0 Å². The largest absolute Gasteiger partial charge is 0.492 e. The summed E-state index contributed by atoms with van der Waals surface area (Å²) in [6.45, 7) is 0. The molecule has 0 unspecified atom stereocenters. The first-order chi connectivity index (χ1) is 23.6. The van der Waals surface area contributed by atoms with Crippen molar-refractivity contribution in [2.24, 2.45) is 0 Å². The van der Waals surface area contributed by atoms with Crippen LogP contribution in [-0.4, -0.2) is 68.3 Å². The molecule has 3 aromatic heterocycles. The molecule has 0 spiro atoms. The van der Waals surface area contributed by atoms with E-state index in [-0.39, 0.29) is 0 Å². The van der Waals surface area contributed by atoms with Gasteiger partial charge < -0.3 is 28.9 Å². The molecule has 12 nitrogen and oxygen atoms in total. The third-order valence-electron chi connectivity index (χ3n) is 8.64. The number of fused-ring (bicyclic) bond motifs is 20.